The maximum Gasteiger partial charge on any atom is 0.237 e. The molecule has 0 unspecified atom stereocenters. The summed E-state index contributed by atoms with van der Waals surface area (Å²) in [6.45, 7) is 0.845. The minimum Gasteiger partial charge on any atom is -0.454 e. The van der Waals surface area contributed by atoms with Crippen molar-refractivity contribution in [2.45, 2.75) is 24.9 Å². The van der Waals surface area contributed by atoms with Crippen LogP contribution in [0, 0.1) is 0 Å². The van der Waals surface area contributed by atoms with Crippen LogP contribution >= 0.6 is 0 Å². The molecule has 0 bridgehead atoms. The molecule has 0 aliphatic carbocycles. The van der Waals surface area contributed by atoms with Crippen LogP contribution in [0.3, 0.4) is 0 Å². The van der Waals surface area contributed by atoms with Crippen LogP contribution in [-0.2, 0) is 17.6 Å². The summed E-state index contributed by atoms with van der Waals surface area (Å²) in [4.78, 5) is 16.8. The number of carbonyl (C=O) groups excluding carboxylic acids is 1. The summed E-state index contributed by atoms with van der Waals surface area (Å²) in [7, 11) is 0. The lowest BCUT2D eigenvalue weighted by Crippen LogP contribution is -2.50. The normalized spacial score (nSPS) is 18.8. The summed E-state index contributed by atoms with van der Waals surface area (Å²) in [6, 6.07) is 24.0. The molecule has 0 fully saturated rings. The van der Waals surface area contributed by atoms with E-state index in [2.05, 4.69) is 39.9 Å². The van der Waals surface area contributed by atoms with Crippen molar-refractivity contribution in [2.24, 2.45) is 0 Å². The number of para-hydroxylation sites is 1. The molecule has 3 N–H and O–H groups in total. The average molecular weight is 440 g/mol. The Morgan fingerprint density at radius 2 is 1.79 bits per heavy atom. The van der Waals surface area contributed by atoms with Crippen molar-refractivity contribution in [1.29, 1.82) is 0 Å². The first-order valence-electron chi connectivity index (χ1n) is 11.3. The summed E-state index contributed by atoms with van der Waals surface area (Å²) in [6.07, 6.45) is 1.45. The number of aromatic amines is 1. The lowest BCUT2D eigenvalue weighted by molar-refractivity contribution is -0.123. The summed E-state index contributed by atoms with van der Waals surface area (Å²) >= 11 is 0. The van der Waals surface area contributed by atoms with E-state index in [1.54, 1.807) is 0 Å². The standard InChI is InChI=1S/C27H25N3O3/c31-27(28-13-12-17-6-2-1-3-7-17)22-15-20-19-8-4-5-9-21(19)29-26(20)25(30-22)18-10-11-23-24(14-18)33-16-32-23/h1-11,14,22,25,29-30H,12-13,15-16H2,(H,28,31)/t22-,25+/m0/s1. The number of carbonyl (C=O) groups is 1. The largest absolute Gasteiger partial charge is 0.454 e. The van der Waals surface area contributed by atoms with Crippen molar-refractivity contribution in [3.8, 4) is 11.5 Å². The Labute approximate surface area is 191 Å². The van der Waals surface area contributed by atoms with E-state index in [1.165, 1.54) is 16.5 Å². The number of benzene rings is 3. The third kappa shape index (κ3) is 3.72. The number of aromatic nitrogens is 1. The molecule has 6 heteroatoms. The van der Waals surface area contributed by atoms with Gasteiger partial charge in [0.25, 0.3) is 0 Å². The fourth-order valence-electron chi connectivity index (χ4n) is 4.86. The first-order valence-corrected chi connectivity index (χ1v) is 11.3. The fourth-order valence-corrected chi connectivity index (χ4v) is 4.86. The highest BCUT2D eigenvalue weighted by atomic mass is 16.7. The molecule has 166 valence electrons. The van der Waals surface area contributed by atoms with Crippen LogP contribution in [0.25, 0.3) is 10.9 Å². The molecule has 6 rings (SSSR count). The zero-order valence-corrected chi connectivity index (χ0v) is 18.1. The Bertz CT molecular complexity index is 1310. The van der Waals surface area contributed by atoms with Crippen LogP contribution in [0.1, 0.15) is 28.4 Å². The minimum atomic E-state index is -0.331. The van der Waals surface area contributed by atoms with E-state index in [-0.39, 0.29) is 24.8 Å². The van der Waals surface area contributed by atoms with Gasteiger partial charge in [-0.05, 0) is 47.7 Å². The zero-order chi connectivity index (χ0) is 22.2. The number of H-pyrrole nitrogens is 1. The van der Waals surface area contributed by atoms with E-state index in [4.69, 9.17) is 9.47 Å². The second-order valence-corrected chi connectivity index (χ2v) is 8.56. The van der Waals surface area contributed by atoms with Gasteiger partial charge in [-0.25, -0.2) is 0 Å². The molecule has 4 aromatic rings. The van der Waals surface area contributed by atoms with Gasteiger partial charge in [-0.2, -0.15) is 0 Å². The van der Waals surface area contributed by atoms with Crippen LogP contribution in [0.4, 0.5) is 0 Å². The Morgan fingerprint density at radius 1 is 0.970 bits per heavy atom. The van der Waals surface area contributed by atoms with Crippen molar-refractivity contribution in [3.63, 3.8) is 0 Å². The second kappa shape index (κ2) is 8.30. The quantitative estimate of drug-likeness (QED) is 0.442. The van der Waals surface area contributed by atoms with Crippen molar-refractivity contribution in [2.75, 3.05) is 13.3 Å². The van der Waals surface area contributed by atoms with Crippen LogP contribution in [0.15, 0.2) is 72.8 Å². The van der Waals surface area contributed by atoms with E-state index in [1.807, 2.05) is 48.5 Å². The number of ether oxygens (including phenoxy) is 2. The lowest BCUT2D eigenvalue weighted by atomic mass is 9.90. The molecular weight excluding hydrogens is 414 g/mol. The van der Waals surface area contributed by atoms with Crippen LogP contribution < -0.4 is 20.1 Å². The van der Waals surface area contributed by atoms with Gasteiger partial charge in [-0.3, -0.25) is 10.1 Å². The molecule has 0 saturated carbocycles. The fraction of sp³-hybridized carbons (Fsp3) is 0.222. The third-order valence-electron chi connectivity index (χ3n) is 6.51. The number of hydrogen-bond acceptors (Lipinski definition) is 4. The molecule has 2 aliphatic heterocycles. The van der Waals surface area contributed by atoms with Gasteiger partial charge in [0, 0.05) is 23.1 Å². The summed E-state index contributed by atoms with van der Waals surface area (Å²) in [5.41, 5.74) is 5.62. The number of rotatable bonds is 5. The average Bonchev–Trinajstić information content (AvgIpc) is 3.48. The molecule has 3 aromatic carbocycles. The number of nitrogens with one attached hydrogen (secondary N) is 3. The second-order valence-electron chi connectivity index (χ2n) is 8.56. The molecule has 3 heterocycles. The lowest BCUT2D eigenvalue weighted by Gasteiger charge is -2.31. The molecule has 0 radical (unpaired) electrons. The first kappa shape index (κ1) is 19.9. The number of hydrogen-bond donors (Lipinski definition) is 3. The van der Waals surface area contributed by atoms with Gasteiger partial charge in [0.1, 0.15) is 0 Å². The van der Waals surface area contributed by atoms with E-state index in [0.717, 1.165) is 34.7 Å². The van der Waals surface area contributed by atoms with Crippen molar-refractivity contribution in [3.05, 3.63) is 95.2 Å². The van der Waals surface area contributed by atoms with Gasteiger partial charge in [0.2, 0.25) is 12.7 Å². The van der Waals surface area contributed by atoms with Crippen molar-refractivity contribution < 1.29 is 14.3 Å². The molecule has 2 atom stereocenters. The third-order valence-corrected chi connectivity index (χ3v) is 6.51. The highest BCUT2D eigenvalue weighted by molar-refractivity contribution is 5.88. The molecule has 1 aromatic heterocycles. The zero-order valence-electron chi connectivity index (χ0n) is 18.1. The van der Waals surface area contributed by atoms with Crippen molar-refractivity contribution >= 4 is 16.8 Å². The number of fused-ring (bicyclic) bond motifs is 4. The predicted octanol–water partition coefficient (Wildman–Crippen LogP) is 3.86. The van der Waals surface area contributed by atoms with E-state index >= 15 is 0 Å². The Morgan fingerprint density at radius 3 is 2.70 bits per heavy atom. The summed E-state index contributed by atoms with van der Waals surface area (Å²) in [5.74, 6) is 1.51. The molecule has 0 saturated heterocycles. The number of amides is 1. The maximum atomic E-state index is 13.2. The Hall–Kier alpha value is -3.77. The molecular formula is C27H25N3O3. The SMILES string of the molecule is O=C(NCCc1ccccc1)[C@@H]1Cc2c([nH]c3ccccc23)[C@@H](c2ccc3c(c2)OCO3)N1. The monoisotopic (exact) mass is 439 g/mol. The van der Waals surface area contributed by atoms with Gasteiger partial charge in [0.15, 0.2) is 11.5 Å². The molecule has 6 nitrogen and oxygen atoms in total. The highest BCUT2D eigenvalue weighted by Gasteiger charge is 2.34. The van der Waals surface area contributed by atoms with Gasteiger partial charge < -0.3 is 19.8 Å². The minimum absolute atomic E-state index is 0.0209. The van der Waals surface area contributed by atoms with Crippen LogP contribution in [-0.4, -0.2) is 30.3 Å². The maximum absolute atomic E-state index is 13.2. The molecule has 33 heavy (non-hydrogen) atoms. The van der Waals surface area contributed by atoms with Gasteiger partial charge in [0.05, 0.1) is 12.1 Å². The van der Waals surface area contributed by atoms with E-state index in [0.29, 0.717) is 13.0 Å². The van der Waals surface area contributed by atoms with Crippen LogP contribution in [0.5, 0.6) is 11.5 Å². The first-order chi connectivity index (χ1) is 16.3. The van der Waals surface area contributed by atoms with Gasteiger partial charge in [-0.15, -0.1) is 0 Å². The topological polar surface area (TPSA) is 75.4 Å². The highest BCUT2D eigenvalue weighted by Crippen LogP contribution is 2.39. The van der Waals surface area contributed by atoms with Gasteiger partial charge in [-0.1, -0.05) is 54.6 Å². The van der Waals surface area contributed by atoms with Crippen LogP contribution in [0.2, 0.25) is 0 Å². The van der Waals surface area contributed by atoms with Crippen molar-refractivity contribution in [1.82, 2.24) is 15.6 Å². The summed E-state index contributed by atoms with van der Waals surface area (Å²) in [5, 5.41) is 7.88. The van der Waals surface area contributed by atoms with E-state index in [9.17, 15) is 4.79 Å². The predicted molar refractivity (Wildman–Crippen MR) is 126 cm³/mol. The Kier molecular flexibility index (Phi) is 5.00. The molecule has 0 spiro atoms. The Balaban J connectivity index is 1.29. The summed E-state index contributed by atoms with van der Waals surface area (Å²) < 4.78 is 11.1. The van der Waals surface area contributed by atoms with Gasteiger partial charge >= 0.3 is 0 Å². The molecule has 1 amide bonds. The van der Waals surface area contributed by atoms with E-state index < -0.39 is 0 Å². The smallest absolute Gasteiger partial charge is 0.237 e. The molecule has 2 aliphatic rings.